The van der Waals surface area contributed by atoms with Crippen molar-refractivity contribution in [2.24, 2.45) is 5.41 Å². The molecular formula is C21H28F2N2O2S. The highest BCUT2D eigenvalue weighted by molar-refractivity contribution is 7.89. The van der Waals surface area contributed by atoms with E-state index in [0.29, 0.717) is 5.56 Å². The molecule has 0 saturated carbocycles. The van der Waals surface area contributed by atoms with Crippen molar-refractivity contribution < 1.29 is 17.2 Å². The molecule has 28 heavy (non-hydrogen) atoms. The first-order valence-electron chi connectivity index (χ1n) is 9.07. The smallest absolute Gasteiger partial charge is 0.242 e. The standard InChI is InChI=1S/C21H28F2N2O2S/c1-14(15-7-10-17(11-8-15)28(26,27)25(5)6)24-20(21(2,3)4)18-12-9-16(22)13-19(18)23/h7-14,20,24H,1-6H3/t14-,20+/m0/s1. The van der Waals surface area contributed by atoms with Gasteiger partial charge in [-0.2, -0.15) is 0 Å². The molecule has 2 aromatic rings. The topological polar surface area (TPSA) is 49.4 Å². The van der Waals surface area contributed by atoms with Crippen LogP contribution in [0.5, 0.6) is 0 Å². The third-order valence-corrected chi connectivity index (χ3v) is 6.54. The van der Waals surface area contributed by atoms with Crippen LogP contribution in [0.15, 0.2) is 47.4 Å². The van der Waals surface area contributed by atoms with Gasteiger partial charge >= 0.3 is 0 Å². The number of hydrogen-bond donors (Lipinski definition) is 1. The summed E-state index contributed by atoms with van der Waals surface area (Å²) in [6.07, 6.45) is 0. The first-order valence-corrected chi connectivity index (χ1v) is 10.5. The zero-order chi connectivity index (χ0) is 21.3. The second-order valence-corrected chi connectivity index (χ2v) is 10.4. The van der Waals surface area contributed by atoms with Crippen molar-refractivity contribution in [1.82, 2.24) is 9.62 Å². The molecule has 154 valence electrons. The van der Waals surface area contributed by atoms with Gasteiger partial charge in [-0.1, -0.05) is 39.0 Å². The van der Waals surface area contributed by atoms with Gasteiger partial charge in [-0.3, -0.25) is 0 Å². The minimum Gasteiger partial charge on any atom is -0.303 e. The fraction of sp³-hybridized carbons (Fsp3) is 0.429. The third-order valence-electron chi connectivity index (χ3n) is 4.71. The summed E-state index contributed by atoms with van der Waals surface area (Å²) in [5.74, 6) is -1.20. The highest BCUT2D eigenvalue weighted by Gasteiger charge is 2.30. The molecule has 0 bridgehead atoms. The van der Waals surface area contributed by atoms with E-state index in [4.69, 9.17) is 0 Å². The Morgan fingerprint density at radius 3 is 2.04 bits per heavy atom. The minimum absolute atomic E-state index is 0.176. The molecule has 2 aromatic carbocycles. The van der Waals surface area contributed by atoms with Gasteiger partial charge in [0.15, 0.2) is 0 Å². The first kappa shape index (κ1) is 22.5. The van der Waals surface area contributed by atoms with Gasteiger partial charge in [-0.05, 0) is 36.1 Å². The molecule has 2 rings (SSSR count). The van der Waals surface area contributed by atoms with Crippen LogP contribution in [0.1, 0.15) is 50.9 Å². The van der Waals surface area contributed by atoms with E-state index < -0.39 is 21.7 Å². The van der Waals surface area contributed by atoms with Crippen molar-refractivity contribution in [3.05, 3.63) is 65.2 Å². The van der Waals surface area contributed by atoms with Crippen molar-refractivity contribution in [2.45, 2.75) is 44.7 Å². The van der Waals surface area contributed by atoms with Gasteiger partial charge in [0, 0.05) is 37.8 Å². The fourth-order valence-corrected chi connectivity index (χ4v) is 3.93. The van der Waals surface area contributed by atoms with Gasteiger partial charge < -0.3 is 5.32 Å². The maximum absolute atomic E-state index is 14.4. The summed E-state index contributed by atoms with van der Waals surface area (Å²) in [6.45, 7) is 7.86. The molecule has 0 aromatic heterocycles. The molecule has 0 aliphatic carbocycles. The Labute approximate surface area is 166 Å². The Hall–Kier alpha value is -1.83. The average molecular weight is 411 g/mol. The van der Waals surface area contributed by atoms with Crippen molar-refractivity contribution in [2.75, 3.05) is 14.1 Å². The molecule has 2 atom stereocenters. The molecule has 0 radical (unpaired) electrons. The van der Waals surface area contributed by atoms with Crippen LogP contribution in [0.25, 0.3) is 0 Å². The van der Waals surface area contributed by atoms with E-state index in [0.717, 1.165) is 15.9 Å². The zero-order valence-corrected chi connectivity index (χ0v) is 17.9. The van der Waals surface area contributed by atoms with Crippen LogP contribution >= 0.6 is 0 Å². The van der Waals surface area contributed by atoms with Gasteiger partial charge in [0.2, 0.25) is 10.0 Å². The lowest BCUT2D eigenvalue weighted by Crippen LogP contribution is -2.34. The summed E-state index contributed by atoms with van der Waals surface area (Å²) in [7, 11) is -0.521. The van der Waals surface area contributed by atoms with Crippen molar-refractivity contribution >= 4 is 10.0 Å². The van der Waals surface area contributed by atoms with E-state index in [-0.39, 0.29) is 22.4 Å². The Morgan fingerprint density at radius 1 is 1.00 bits per heavy atom. The molecule has 0 saturated heterocycles. The molecule has 4 nitrogen and oxygen atoms in total. The van der Waals surface area contributed by atoms with Gasteiger partial charge in [0.05, 0.1) is 4.90 Å². The molecule has 0 aliphatic rings. The maximum atomic E-state index is 14.4. The number of halogens is 2. The van der Waals surface area contributed by atoms with Crippen LogP contribution < -0.4 is 5.32 Å². The summed E-state index contributed by atoms with van der Waals surface area (Å²) >= 11 is 0. The lowest BCUT2D eigenvalue weighted by molar-refractivity contribution is 0.248. The van der Waals surface area contributed by atoms with Gasteiger partial charge in [-0.15, -0.1) is 0 Å². The van der Waals surface area contributed by atoms with Gasteiger partial charge in [0.1, 0.15) is 11.6 Å². The number of sulfonamides is 1. The second kappa shape index (κ2) is 8.27. The second-order valence-electron chi connectivity index (χ2n) is 8.21. The monoisotopic (exact) mass is 410 g/mol. The first-order chi connectivity index (χ1) is 12.8. The Morgan fingerprint density at radius 2 is 1.57 bits per heavy atom. The van der Waals surface area contributed by atoms with E-state index >= 15 is 0 Å². The fourth-order valence-electron chi connectivity index (χ4n) is 3.03. The van der Waals surface area contributed by atoms with Crippen LogP contribution in [0.2, 0.25) is 0 Å². The number of rotatable bonds is 6. The predicted octanol–water partition coefficient (Wildman–Crippen LogP) is 4.65. The van der Waals surface area contributed by atoms with Crippen LogP contribution in [0, 0.1) is 17.0 Å². The molecule has 0 spiro atoms. The Balaban J connectivity index is 2.30. The maximum Gasteiger partial charge on any atom is 0.242 e. The Bertz CT molecular complexity index is 920. The van der Waals surface area contributed by atoms with Crippen LogP contribution in [0.3, 0.4) is 0 Å². The van der Waals surface area contributed by atoms with Crippen molar-refractivity contribution in [1.29, 1.82) is 0 Å². The minimum atomic E-state index is -3.49. The van der Waals surface area contributed by atoms with Crippen LogP contribution in [-0.2, 0) is 10.0 Å². The van der Waals surface area contributed by atoms with Crippen molar-refractivity contribution in [3.8, 4) is 0 Å². The molecule has 0 aliphatic heterocycles. The molecule has 0 amide bonds. The van der Waals surface area contributed by atoms with Crippen molar-refractivity contribution in [3.63, 3.8) is 0 Å². The van der Waals surface area contributed by atoms with Crippen LogP contribution in [0.4, 0.5) is 8.78 Å². The molecule has 0 heterocycles. The molecule has 0 fully saturated rings. The highest BCUT2D eigenvalue weighted by atomic mass is 32.2. The van der Waals surface area contributed by atoms with E-state index in [1.54, 1.807) is 24.3 Å². The van der Waals surface area contributed by atoms with E-state index in [2.05, 4.69) is 5.32 Å². The lowest BCUT2D eigenvalue weighted by atomic mass is 9.81. The summed E-state index contributed by atoms with van der Waals surface area (Å²) in [5.41, 5.74) is 0.934. The van der Waals surface area contributed by atoms with E-state index in [9.17, 15) is 17.2 Å². The number of nitrogens with one attached hydrogen (secondary N) is 1. The number of benzene rings is 2. The van der Waals surface area contributed by atoms with E-state index in [1.807, 2.05) is 27.7 Å². The lowest BCUT2D eigenvalue weighted by Gasteiger charge is -2.35. The quantitative estimate of drug-likeness (QED) is 0.754. The largest absolute Gasteiger partial charge is 0.303 e. The summed E-state index contributed by atoms with van der Waals surface area (Å²) in [4.78, 5) is 0.213. The Kier molecular flexibility index (Phi) is 6.63. The third kappa shape index (κ3) is 4.96. The molecule has 1 N–H and O–H groups in total. The molecule has 0 unspecified atom stereocenters. The molecular weight excluding hydrogens is 382 g/mol. The normalized spacial score (nSPS) is 14.9. The summed E-state index contributed by atoms with van der Waals surface area (Å²) in [5, 5.41) is 3.41. The number of nitrogens with zero attached hydrogens (tertiary/aromatic N) is 1. The van der Waals surface area contributed by atoms with E-state index in [1.165, 1.54) is 26.2 Å². The zero-order valence-electron chi connectivity index (χ0n) is 17.1. The number of hydrogen-bond acceptors (Lipinski definition) is 3. The summed E-state index contributed by atoms with van der Waals surface area (Å²) in [6, 6.07) is 9.68. The average Bonchev–Trinajstić information content (AvgIpc) is 2.59. The molecule has 7 heteroatoms. The SMILES string of the molecule is C[C@H](N[C@H](c1ccc(F)cc1F)C(C)(C)C)c1ccc(S(=O)(=O)N(C)C)cc1. The van der Waals surface area contributed by atoms with Crippen LogP contribution in [-0.4, -0.2) is 26.8 Å². The summed E-state index contributed by atoms with van der Waals surface area (Å²) < 4.78 is 53.3. The van der Waals surface area contributed by atoms with Gasteiger partial charge in [-0.25, -0.2) is 21.5 Å². The predicted molar refractivity (Wildman–Crippen MR) is 107 cm³/mol. The highest BCUT2D eigenvalue weighted by Crippen LogP contribution is 2.36. The van der Waals surface area contributed by atoms with Gasteiger partial charge in [0.25, 0.3) is 0 Å².